The lowest BCUT2D eigenvalue weighted by molar-refractivity contribution is 0.0663. The van der Waals surface area contributed by atoms with Crippen molar-refractivity contribution in [3.05, 3.63) is 106 Å². The van der Waals surface area contributed by atoms with Gasteiger partial charge in [0, 0.05) is 35.6 Å². The zero-order valence-corrected chi connectivity index (χ0v) is 27.1. The molecule has 12 nitrogen and oxygen atoms in total. The summed E-state index contributed by atoms with van der Waals surface area (Å²) in [4.78, 5) is 43.3. The van der Waals surface area contributed by atoms with Crippen molar-refractivity contribution >= 4 is 28.6 Å². The Morgan fingerprint density at radius 1 is 1.02 bits per heavy atom. The summed E-state index contributed by atoms with van der Waals surface area (Å²) in [6, 6.07) is 9.62. The third kappa shape index (κ3) is 6.40. The van der Waals surface area contributed by atoms with Gasteiger partial charge in [0.1, 0.15) is 28.4 Å². The summed E-state index contributed by atoms with van der Waals surface area (Å²) in [7, 11) is 1.35. The summed E-state index contributed by atoms with van der Waals surface area (Å²) in [5, 5.41) is 19.6. The van der Waals surface area contributed by atoms with Crippen LogP contribution in [0, 0.1) is 17.5 Å². The lowest BCUT2D eigenvalue weighted by Crippen LogP contribution is -2.42. The summed E-state index contributed by atoms with van der Waals surface area (Å²) in [5.74, 6) is -8.48. The van der Waals surface area contributed by atoms with Crippen molar-refractivity contribution in [2.24, 2.45) is 11.5 Å². The molecule has 1 saturated carbocycles. The number of primary amides is 2. The number of benzene rings is 3. The molecule has 2 aromatic heterocycles. The second-order valence-electron chi connectivity index (χ2n) is 11.9. The van der Waals surface area contributed by atoms with Crippen LogP contribution in [0.25, 0.3) is 22.2 Å². The van der Waals surface area contributed by atoms with E-state index in [1.165, 1.54) is 42.3 Å². The SMILES string of the molecule is CCOc1c(C(N)=O)cc([C@@](O)(CNC(=O)c2cc(OC)c3nn(C4(F)CC4)cc3c2)c2cccc(F)c2)nc1-c1cc(F)c(F)cc1C(N)=O. The van der Waals surface area contributed by atoms with Crippen molar-refractivity contribution in [2.75, 3.05) is 20.3 Å². The Morgan fingerprint density at radius 3 is 2.35 bits per heavy atom. The molecule has 5 aromatic rings. The molecule has 1 aliphatic carbocycles. The Balaban J connectivity index is 1.49. The summed E-state index contributed by atoms with van der Waals surface area (Å²) >= 11 is 0. The molecule has 0 spiro atoms. The van der Waals surface area contributed by atoms with E-state index in [2.05, 4.69) is 15.4 Å². The molecule has 264 valence electrons. The fourth-order valence-electron chi connectivity index (χ4n) is 5.67. The molecule has 16 heteroatoms. The number of carbonyl (C=O) groups is 3. The Bertz CT molecular complexity index is 2240. The maximum atomic E-state index is 14.8. The van der Waals surface area contributed by atoms with Crippen molar-refractivity contribution in [3.63, 3.8) is 0 Å². The maximum Gasteiger partial charge on any atom is 0.252 e. The molecule has 1 fully saturated rings. The summed E-state index contributed by atoms with van der Waals surface area (Å²) in [5.41, 5.74) is 6.64. The van der Waals surface area contributed by atoms with E-state index < -0.39 is 81.2 Å². The molecular formula is C35H30F4N6O6. The van der Waals surface area contributed by atoms with Crippen LogP contribution in [0.3, 0.4) is 0 Å². The second-order valence-corrected chi connectivity index (χ2v) is 11.9. The lowest BCUT2D eigenvalue weighted by atomic mass is 9.87. The van der Waals surface area contributed by atoms with Crippen LogP contribution in [-0.4, -0.2) is 57.9 Å². The second kappa shape index (κ2) is 13.0. The standard InChI is InChI=1S/C35H30F4N6O6/c1-3-51-30-23(32(41)47)14-27(43-29(30)21-12-24(37)25(38)13-22(21)31(40)46)35(49,19-5-4-6-20(36)11-19)16-42-33(48)17-9-18-15-45(34(39)7-8-34)44-28(18)26(10-17)50-2/h4-6,9-15,49H,3,7-8,16H2,1-2H3,(H2,40,46)(H2,41,47)(H,42,48)/t35-/m1/s1. The summed E-state index contributed by atoms with van der Waals surface area (Å²) in [6.07, 6.45) is 2.02. The quantitative estimate of drug-likeness (QED) is 0.139. The first-order valence-corrected chi connectivity index (χ1v) is 15.5. The molecule has 0 aliphatic heterocycles. The number of nitrogens with one attached hydrogen (secondary N) is 1. The molecular weight excluding hydrogens is 676 g/mol. The predicted molar refractivity (Wildman–Crippen MR) is 174 cm³/mol. The number of aliphatic hydroxyl groups is 1. The number of pyridine rings is 1. The molecule has 2 heterocycles. The number of nitrogens with two attached hydrogens (primary N) is 2. The number of aromatic nitrogens is 3. The van der Waals surface area contributed by atoms with Crippen LogP contribution in [0.15, 0.2) is 60.8 Å². The zero-order valence-electron chi connectivity index (χ0n) is 27.1. The number of hydrogen-bond acceptors (Lipinski definition) is 8. The number of carbonyl (C=O) groups excluding carboxylic acids is 3. The Morgan fingerprint density at radius 2 is 1.73 bits per heavy atom. The first-order valence-electron chi connectivity index (χ1n) is 15.5. The van der Waals surface area contributed by atoms with Gasteiger partial charge >= 0.3 is 0 Å². The fourth-order valence-corrected chi connectivity index (χ4v) is 5.67. The minimum Gasteiger partial charge on any atom is -0.494 e. The van der Waals surface area contributed by atoms with E-state index in [1.54, 1.807) is 6.92 Å². The molecule has 3 aromatic carbocycles. The van der Waals surface area contributed by atoms with Gasteiger partial charge in [0.05, 0.1) is 37.1 Å². The van der Waals surface area contributed by atoms with Crippen molar-refractivity contribution in [1.29, 1.82) is 0 Å². The van der Waals surface area contributed by atoms with E-state index in [-0.39, 0.29) is 42.1 Å². The monoisotopic (exact) mass is 706 g/mol. The molecule has 51 heavy (non-hydrogen) atoms. The largest absolute Gasteiger partial charge is 0.494 e. The van der Waals surface area contributed by atoms with Crippen molar-refractivity contribution in [1.82, 2.24) is 20.1 Å². The molecule has 0 saturated heterocycles. The van der Waals surface area contributed by atoms with Crippen LogP contribution in [0.1, 0.15) is 62.1 Å². The molecule has 6 N–H and O–H groups in total. The minimum absolute atomic E-state index is 0.0234. The topological polar surface area (TPSA) is 185 Å². The van der Waals surface area contributed by atoms with Crippen LogP contribution in [-0.2, 0) is 11.4 Å². The molecule has 0 unspecified atom stereocenters. The predicted octanol–water partition coefficient (Wildman–Crippen LogP) is 4.20. The maximum absolute atomic E-state index is 14.8. The summed E-state index contributed by atoms with van der Waals surface area (Å²) < 4.78 is 70.6. The van der Waals surface area contributed by atoms with E-state index in [0.29, 0.717) is 23.0 Å². The highest BCUT2D eigenvalue weighted by Crippen LogP contribution is 2.45. The van der Waals surface area contributed by atoms with E-state index in [9.17, 15) is 37.1 Å². The molecule has 0 radical (unpaired) electrons. The van der Waals surface area contributed by atoms with E-state index in [1.807, 2.05) is 0 Å². The van der Waals surface area contributed by atoms with Crippen molar-refractivity contribution in [2.45, 2.75) is 31.2 Å². The number of hydrogen-bond donors (Lipinski definition) is 4. The number of fused-ring (bicyclic) bond motifs is 1. The van der Waals surface area contributed by atoms with Gasteiger partial charge in [-0.15, -0.1) is 0 Å². The van der Waals surface area contributed by atoms with Gasteiger partial charge in [-0.05, 0) is 55.0 Å². The molecule has 0 bridgehead atoms. The van der Waals surface area contributed by atoms with Gasteiger partial charge in [-0.3, -0.25) is 14.4 Å². The van der Waals surface area contributed by atoms with Crippen molar-refractivity contribution in [3.8, 4) is 22.8 Å². The van der Waals surface area contributed by atoms with Crippen LogP contribution in [0.4, 0.5) is 17.6 Å². The average Bonchev–Trinajstić information content (AvgIpc) is 3.69. The van der Waals surface area contributed by atoms with Crippen LogP contribution in [0.5, 0.6) is 11.5 Å². The van der Waals surface area contributed by atoms with Crippen LogP contribution < -0.4 is 26.3 Å². The number of nitrogens with zero attached hydrogens (tertiary/aromatic N) is 3. The fraction of sp³-hybridized carbons (Fsp3) is 0.229. The van der Waals surface area contributed by atoms with Gasteiger partial charge in [-0.1, -0.05) is 12.1 Å². The molecule has 1 atom stereocenters. The minimum atomic E-state index is -2.46. The highest BCUT2D eigenvalue weighted by molar-refractivity contribution is 6.03. The summed E-state index contributed by atoms with van der Waals surface area (Å²) in [6.45, 7) is 0.731. The number of ether oxygens (including phenoxy) is 2. The van der Waals surface area contributed by atoms with E-state index in [4.69, 9.17) is 20.9 Å². The highest BCUT2D eigenvalue weighted by atomic mass is 19.2. The Kier molecular flexibility index (Phi) is 8.89. The average molecular weight is 707 g/mol. The Hall–Kier alpha value is -6.03. The van der Waals surface area contributed by atoms with Crippen LogP contribution >= 0.6 is 0 Å². The van der Waals surface area contributed by atoms with Crippen molar-refractivity contribution < 1.29 is 46.5 Å². The number of alkyl halides is 1. The van der Waals surface area contributed by atoms with Gasteiger partial charge < -0.3 is 31.4 Å². The lowest BCUT2D eigenvalue weighted by Gasteiger charge is -2.30. The number of rotatable bonds is 12. The third-order valence-electron chi connectivity index (χ3n) is 8.47. The normalized spacial score (nSPS) is 14.5. The number of halogens is 4. The van der Waals surface area contributed by atoms with E-state index >= 15 is 0 Å². The van der Waals surface area contributed by atoms with Gasteiger partial charge in [0.25, 0.3) is 11.8 Å². The van der Waals surface area contributed by atoms with Crippen LogP contribution in [0.2, 0.25) is 0 Å². The highest BCUT2D eigenvalue weighted by Gasteiger charge is 2.46. The first kappa shape index (κ1) is 34.8. The molecule has 6 rings (SSSR count). The molecule has 1 aliphatic rings. The van der Waals surface area contributed by atoms with Gasteiger partial charge in [0.2, 0.25) is 11.7 Å². The van der Waals surface area contributed by atoms with Gasteiger partial charge in [-0.25, -0.2) is 27.2 Å². The first-order chi connectivity index (χ1) is 24.2. The zero-order chi connectivity index (χ0) is 36.8. The third-order valence-corrected chi connectivity index (χ3v) is 8.47. The van der Waals surface area contributed by atoms with Gasteiger partial charge in [0.15, 0.2) is 17.4 Å². The van der Waals surface area contributed by atoms with E-state index in [0.717, 1.165) is 18.2 Å². The molecule has 3 amide bonds. The Labute approximate surface area is 287 Å². The van der Waals surface area contributed by atoms with Gasteiger partial charge in [-0.2, -0.15) is 5.10 Å². The smallest absolute Gasteiger partial charge is 0.252 e. The number of amides is 3. The number of methoxy groups -OCH3 is 1.